The largest absolute Gasteiger partial charge is 0.382 e. The van der Waals surface area contributed by atoms with E-state index in [1.54, 1.807) is 7.11 Å². The second kappa shape index (κ2) is 10.3. The van der Waals surface area contributed by atoms with Gasteiger partial charge in [-0.15, -0.1) is 0 Å². The van der Waals surface area contributed by atoms with Crippen LogP contribution in [0.2, 0.25) is 0 Å². The standard InChI is InChI=1S/C15H24O2/c1-16-13-14-17-15-11-9-7-5-3-2-4-6-8-10-12-15/h2-3,8-11,15H,4-7,12-14H2,1H3/b3-2-,10-8-,11-9-. The lowest BCUT2D eigenvalue weighted by molar-refractivity contribution is 0.0408. The maximum absolute atomic E-state index is 5.75. The van der Waals surface area contributed by atoms with E-state index in [1.165, 1.54) is 0 Å². The molecule has 0 aromatic heterocycles. The van der Waals surface area contributed by atoms with Crippen molar-refractivity contribution in [2.75, 3.05) is 20.3 Å². The molecule has 0 radical (unpaired) electrons. The highest BCUT2D eigenvalue weighted by molar-refractivity contribution is 4.98. The maximum atomic E-state index is 5.75. The lowest BCUT2D eigenvalue weighted by Crippen LogP contribution is -2.12. The second-order valence-electron chi connectivity index (χ2n) is 4.16. The van der Waals surface area contributed by atoms with Gasteiger partial charge < -0.3 is 9.47 Å². The summed E-state index contributed by atoms with van der Waals surface area (Å²) in [6.45, 7) is 1.33. The van der Waals surface area contributed by atoms with Gasteiger partial charge in [-0.1, -0.05) is 36.5 Å². The summed E-state index contributed by atoms with van der Waals surface area (Å²) in [5.74, 6) is 0. The maximum Gasteiger partial charge on any atom is 0.0791 e. The first-order valence-corrected chi connectivity index (χ1v) is 6.50. The number of ether oxygens (including phenoxy) is 2. The van der Waals surface area contributed by atoms with Crippen LogP contribution in [0.25, 0.3) is 0 Å². The van der Waals surface area contributed by atoms with E-state index in [1.807, 2.05) is 0 Å². The molecular formula is C15H24O2. The molecule has 0 N–H and O–H groups in total. The fourth-order valence-corrected chi connectivity index (χ4v) is 1.70. The molecule has 0 aromatic carbocycles. The third-order valence-electron chi connectivity index (χ3n) is 2.67. The van der Waals surface area contributed by atoms with Crippen LogP contribution in [-0.2, 0) is 9.47 Å². The molecule has 0 heterocycles. The summed E-state index contributed by atoms with van der Waals surface area (Å²) in [6, 6.07) is 0. The van der Waals surface area contributed by atoms with Crippen molar-refractivity contribution in [1.29, 1.82) is 0 Å². The highest BCUT2D eigenvalue weighted by Crippen LogP contribution is 2.07. The number of rotatable bonds is 4. The SMILES string of the molecule is COCCOC1/C=C\CC/C=C\CC/C=C\C1. The first-order valence-electron chi connectivity index (χ1n) is 6.50. The van der Waals surface area contributed by atoms with Crippen molar-refractivity contribution >= 4 is 0 Å². The molecule has 17 heavy (non-hydrogen) atoms. The van der Waals surface area contributed by atoms with Crippen LogP contribution in [0.5, 0.6) is 0 Å². The average molecular weight is 236 g/mol. The summed E-state index contributed by atoms with van der Waals surface area (Å²) < 4.78 is 10.7. The molecule has 0 aliphatic heterocycles. The van der Waals surface area contributed by atoms with E-state index in [4.69, 9.17) is 9.47 Å². The molecule has 0 spiro atoms. The first kappa shape index (κ1) is 14.2. The fourth-order valence-electron chi connectivity index (χ4n) is 1.70. The summed E-state index contributed by atoms with van der Waals surface area (Å²) in [6.07, 6.45) is 19.1. The smallest absolute Gasteiger partial charge is 0.0791 e. The van der Waals surface area contributed by atoms with E-state index >= 15 is 0 Å². The minimum absolute atomic E-state index is 0.199. The molecule has 2 nitrogen and oxygen atoms in total. The molecule has 0 saturated heterocycles. The molecule has 0 saturated carbocycles. The predicted molar refractivity (Wildman–Crippen MR) is 72.1 cm³/mol. The molecule has 0 fully saturated rings. The zero-order valence-corrected chi connectivity index (χ0v) is 10.8. The minimum Gasteiger partial charge on any atom is -0.382 e. The molecule has 0 bridgehead atoms. The molecule has 1 aliphatic rings. The molecule has 1 unspecified atom stereocenters. The van der Waals surface area contributed by atoms with Crippen LogP contribution >= 0.6 is 0 Å². The Bertz CT molecular complexity index is 254. The van der Waals surface area contributed by atoms with Crippen LogP contribution in [0.3, 0.4) is 0 Å². The molecular weight excluding hydrogens is 212 g/mol. The van der Waals surface area contributed by atoms with Crippen molar-refractivity contribution < 1.29 is 9.47 Å². The lowest BCUT2D eigenvalue weighted by atomic mass is 10.1. The zero-order chi connectivity index (χ0) is 12.2. The van der Waals surface area contributed by atoms with Crippen LogP contribution in [0.1, 0.15) is 32.1 Å². The van der Waals surface area contributed by atoms with Gasteiger partial charge in [-0.05, 0) is 32.1 Å². The van der Waals surface area contributed by atoms with Gasteiger partial charge in [-0.3, -0.25) is 0 Å². The van der Waals surface area contributed by atoms with Crippen LogP contribution in [0, 0.1) is 0 Å². The van der Waals surface area contributed by atoms with Crippen molar-refractivity contribution in [1.82, 2.24) is 0 Å². The molecule has 0 aromatic rings. The van der Waals surface area contributed by atoms with Gasteiger partial charge in [-0.2, -0.15) is 0 Å². The van der Waals surface area contributed by atoms with Crippen molar-refractivity contribution in [2.24, 2.45) is 0 Å². The van der Waals surface area contributed by atoms with Gasteiger partial charge in [0.05, 0.1) is 19.3 Å². The summed E-state index contributed by atoms with van der Waals surface area (Å²) in [7, 11) is 1.70. The molecule has 2 heteroatoms. The van der Waals surface area contributed by atoms with Gasteiger partial charge in [0, 0.05) is 7.11 Å². The van der Waals surface area contributed by atoms with Crippen LogP contribution in [0.4, 0.5) is 0 Å². The summed E-state index contributed by atoms with van der Waals surface area (Å²) >= 11 is 0. The van der Waals surface area contributed by atoms with Gasteiger partial charge in [0.25, 0.3) is 0 Å². The zero-order valence-electron chi connectivity index (χ0n) is 10.8. The summed E-state index contributed by atoms with van der Waals surface area (Å²) in [5, 5.41) is 0. The second-order valence-corrected chi connectivity index (χ2v) is 4.16. The van der Waals surface area contributed by atoms with Crippen LogP contribution in [-0.4, -0.2) is 26.4 Å². The van der Waals surface area contributed by atoms with E-state index in [0.717, 1.165) is 32.1 Å². The van der Waals surface area contributed by atoms with Gasteiger partial charge >= 0.3 is 0 Å². The van der Waals surface area contributed by atoms with E-state index in [2.05, 4.69) is 36.5 Å². The highest BCUT2D eigenvalue weighted by atomic mass is 16.5. The Morgan fingerprint density at radius 3 is 2.24 bits per heavy atom. The van der Waals surface area contributed by atoms with Gasteiger partial charge in [0.1, 0.15) is 0 Å². The fraction of sp³-hybridized carbons (Fsp3) is 0.600. The molecule has 0 amide bonds. The van der Waals surface area contributed by atoms with E-state index in [0.29, 0.717) is 13.2 Å². The van der Waals surface area contributed by atoms with Crippen LogP contribution in [0.15, 0.2) is 36.5 Å². The van der Waals surface area contributed by atoms with Gasteiger partial charge in [0.15, 0.2) is 0 Å². The van der Waals surface area contributed by atoms with Crippen molar-refractivity contribution in [3.63, 3.8) is 0 Å². The Balaban J connectivity index is 2.39. The van der Waals surface area contributed by atoms with Crippen molar-refractivity contribution in [3.8, 4) is 0 Å². The van der Waals surface area contributed by atoms with Crippen LogP contribution < -0.4 is 0 Å². The topological polar surface area (TPSA) is 18.5 Å². The van der Waals surface area contributed by atoms with E-state index < -0.39 is 0 Å². The number of allylic oxidation sites excluding steroid dienone is 4. The molecule has 1 aliphatic carbocycles. The van der Waals surface area contributed by atoms with Crippen molar-refractivity contribution in [3.05, 3.63) is 36.5 Å². The first-order chi connectivity index (χ1) is 8.43. The van der Waals surface area contributed by atoms with Gasteiger partial charge in [0.2, 0.25) is 0 Å². The summed E-state index contributed by atoms with van der Waals surface area (Å²) in [5.41, 5.74) is 0. The lowest BCUT2D eigenvalue weighted by Gasteiger charge is -2.12. The number of methoxy groups -OCH3 is 1. The molecule has 1 rings (SSSR count). The highest BCUT2D eigenvalue weighted by Gasteiger charge is 2.02. The van der Waals surface area contributed by atoms with Crippen molar-refractivity contribution in [2.45, 2.75) is 38.2 Å². The number of hydrogen-bond acceptors (Lipinski definition) is 2. The molecule has 96 valence electrons. The third-order valence-corrected chi connectivity index (χ3v) is 2.67. The molecule has 1 atom stereocenters. The quantitative estimate of drug-likeness (QED) is 0.548. The average Bonchev–Trinajstić information content (AvgIpc) is 2.32. The monoisotopic (exact) mass is 236 g/mol. The minimum atomic E-state index is 0.199. The Kier molecular flexibility index (Phi) is 8.61. The van der Waals surface area contributed by atoms with E-state index in [9.17, 15) is 0 Å². The number of hydrogen-bond donors (Lipinski definition) is 0. The Labute approximate surface area is 105 Å². The van der Waals surface area contributed by atoms with E-state index in [-0.39, 0.29) is 6.10 Å². The predicted octanol–water partition coefficient (Wildman–Crippen LogP) is 3.65. The Morgan fingerprint density at radius 2 is 1.53 bits per heavy atom. The van der Waals surface area contributed by atoms with Gasteiger partial charge in [-0.25, -0.2) is 0 Å². The third kappa shape index (κ3) is 7.94. The summed E-state index contributed by atoms with van der Waals surface area (Å²) in [4.78, 5) is 0. The Hall–Kier alpha value is -0.860. The normalized spacial score (nSPS) is 27.7. The Morgan fingerprint density at radius 1 is 0.882 bits per heavy atom.